The molecule has 150 valence electrons. The summed E-state index contributed by atoms with van der Waals surface area (Å²) in [6, 6.07) is 14.9. The Morgan fingerprint density at radius 1 is 1.07 bits per heavy atom. The Kier molecular flexibility index (Phi) is 6.93. The van der Waals surface area contributed by atoms with Crippen molar-refractivity contribution in [2.75, 3.05) is 27.3 Å². The molecule has 0 saturated heterocycles. The molecule has 28 heavy (non-hydrogen) atoms. The number of nitrogens with zero attached hydrogens (tertiary/aromatic N) is 1. The molecule has 2 aromatic rings. The first-order valence-electron chi connectivity index (χ1n) is 9.86. The number of amides is 1. The number of carbonyl (C=O) groups excluding carboxylic acids is 1. The van der Waals surface area contributed by atoms with Crippen LogP contribution in [0, 0.1) is 6.92 Å². The fourth-order valence-corrected chi connectivity index (χ4v) is 3.42. The second kappa shape index (κ2) is 9.60. The lowest BCUT2D eigenvalue weighted by atomic mass is 10.1. The third-order valence-electron chi connectivity index (χ3n) is 5.06. The minimum atomic E-state index is 0.0834. The number of rotatable bonds is 10. The molecule has 1 amide bonds. The van der Waals surface area contributed by atoms with Gasteiger partial charge in [0.2, 0.25) is 5.91 Å². The fourth-order valence-electron chi connectivity index (χ4n) is 3.42. The van der Waals surface area contributed by atoms with E-state index in [-0.39, 0.29) is 5.91 Å². The van der Waals surface area contributed by atoms with Crippen molar-refractivity contribution in [2.45, 2.75) is 38.8 Å². The average Bonchev–Trinajstić information content (AvgIpc) is 3.52. The topological polar surface area (TPSA) is 50.8 Å². The third-order valence-corrected chi connectivity index (χ3v) is 5.06. The molecule has 1 N–H and O–H groups in total. The fraction of sp³-hybridized carbons (Fsp3) is 0.435. The normalized spacial score (nSPS) is 13.4. The third kappa shape index (κ3) is 5.73. The van der Waals surface area contributed by atoms with Gasteiger partial charge >= 0.3 is 0 Å². The minimum Gasteiger partial charge on any atom is -0.493 e. The summed E-state index contributed by atoms with van der Waals surface area (Å²) in [4.78, 5) is 14.8. The van der Waals surface area contributed by atoms with Crippen molar-refractivity contribution in [3.05, 3.63) is 59.2 Å². The molecule has 0 radical (unpaired) electrons. The first-order chi connectivity index (χ1) is 13.6. The van der Waals surface area contributed by atoms with Crippen LogP contribution in [-0.2, 0) is 17.8 Å². The zero-order valence-corrected chi connectivity index (χ0v) is 17.0. The van der Waals surface area contributed by atoms with Gasteiger partial charge in [0, 0.05) is 19.1 Å². The van der Waals surface area contributed by atoms with Crippen molar-refractivity contribution in [1.29, 1.82) is 0 Å². The second-order valence-corrected chi connectivity index (χ2v) is 7.41. The van der Waals surface area contributed by atoms with Crippen LogP contribution in [0.1, 0.15) is 29.5 Å². The van der Waals surface area contributed by atoms with Crippen molar-refractivity contribution < 1.29 is 14.3 Å². The van der Waals surface area contributed by atoms with E-state index in [4.69, 9.17) is 9.47 Å². The van der Waals surface area contributed by atoms with Crippen LogP contribution in [-0.4, -0.2) is 44.2 Å². The van der Waals surface area contributed by atoms with Crippen LogP contribution in [0.25, 0.3) is 0 Å². The molecule has 0 atom stereocenters. The van der Waals surface area contributed by atoms with Gasteiger partial charge in [0.1, 0.15) is 0 Å². The van der Waals surface area contributed by atoms with E-state index >= 15 is 0 Å². The number of aryl methyl sites for hydroxylation is 1. The lowest BCUT2D eigenvalue weighted by Crippen LogP contribution is -2.38. The monoisotopic (exact) mass is 382 g/mol. The van der Waals surface area contributed by atoms with Gasteiger partial charge in [0.15, 0.2) is 11.5 Å². The predicted molar refractivity (Wildman–Crippen MR) is 111 cm³/mol. The largest absolute Gasteiger partial charge is 0.493 e. The number of nitrogens with one attached hydrogen (secondary N) is 1. The number of ether oxygens (including phenoxy) is 2. The maximum Gasteiger partial charge on any atom is 0.234 e. The summed E-state index contributed by atoms with van der Waals surface area (Å²) in [7, 11) is 3.25. The summed E-state index contributed by atoms with van der Waals surface area (Å²) in [6.45, 7) is 3.99. The Labute approximate surface area is 167 Å². The van der Waals surface area contributed by atoms with Crippen molar-refractivity contribution in [1.82, 2.24) is 10.2 Å². The van der Waals surface area contributed by atoms with Crippen LogP contribution in [0.5, 0.6) is 11.5 Å². The molecule has 0 spiro atoms. The molecule has 1 aliphatic carbocycles. The smallest absolute Gasteiger partial charge is 0.234 e. The SMILES string of the molecule is COc1ccc(CCNC(=O)CN(Cc2cccc(C)c2)C2CC2)cc1OC. The highest BCUT2D eigenvalue weighted by molar-refractivity contribution is 5.78. The highest BCUT2D eigenvalue weighted by Crippen LogP contribution is 2.28. The van der Waals surface area contributed by atoms with Crippen LogP contribution in [0.2, 0.25) is 0 Å². The Morgan fingerprint density at radius 3 is 2.54 bits per heavy atom. The van der Waals surface area contributed by atoms with Gasteiger partial charge in [0.25, 0.3) is 0 Å². The number of hydrogen-bond acceptors (Lipinski definition) is 4. The van der Waals surface area contributed by atoms with Gasteiger partial charge in [-0.05, 0) is 49.4 Å². The zero-order chi connectivity index (χ0) is 19.9. The van der Waals surface area contributed by atoms with E-state index in [1.807, 2.05) is 18.2 Å². The van der Waals surface area contributed by atoms with Crippen LogP contribution >= 0.6 is 0 Å². The van der Waals surface area contributed by atoms with Crippen molar-refractivity contribution in [3.63, 3.8) is 0 Å². The van der Waals surface area contributed by atoms with Gasteiger partial charge in [0.05, 0.1) is 20.8 Å². The number of methoxy groups -OCH3 is 2. The van der Waals surface area contributed by atoms with E-state index in [0.717, 1.165) is 18.5 Å². The van der Waals surface area contributed by atoms with Gasteiger partial charge < -0.3 is 14.8 Å². The molecule has 0 aromatic heterocycles. The summed E-state index contributed by atoms with van der Waals surface area (Å²) >= 11 is 0. The molecule has 5 heteroatoms. The Bertz CT molecular complexity index is 802. The lowest BCUT2D eigenvalue weighted by Gasteiger charge is -2.21. The molecule has 5 nitrogen and oxygen atoms in total. The summed E-state index contributed by atoms with van der Waals surface area (Å²) < 4.78 is 10.6. The van der Waals surface area contributed by atoms with E-state index in [0.29, 0.717) is 30.6 Å². The summed E-state index contributed by atoms with van der Waals surface area (Å²) in [5, 5.41) is 3.05. The highest BCUT2D eigenvalue weighted by atomic mass is 16.5. The van der Waals surface area contributed by atoms with E-state index in [2.05, 4.69) is 41.4 Å². The van der Waals surface area contributed by atoms with Crippen molar-refractivity contribution in [2.24, 2.45) is 0 Å². The second-order valence-electron chi connectivity index (χ2n) is 7.41. The average molecular weight is 383 g/mol. The first-order valence-corrected chi connectivity index (χ1v) is 9.86. The maximum absolute atomic E-state index is 12.5. The maximum atomic E-state index is 12.5. The van der Waals surface area contributed by atoms with Crippen LogP contribution < -0.4 is 14.8 Å². The molecule has 1 saturated carbocycles. The predicted octanol–water partition coefficient (Wildman–Crippen LogP) is 3.34. The highest BCUT2D eigenvalue weighted by Gasteiger charge is 2.30. The first kappa shape index (κ1) is 20.2. The van der Waals surface area contributed by atoms with Crippen LogP contribution in [0.3, 0.4) is 0 Å². The Balaban J connectivity index is 1.48. The molecule has 1 aliphatic rings. The summed E-state index contributed by atoms with van der Waals surface area (Å²) in [6.07, 6.45) is 3.13. The molecule has 2 aromatic carbocycles. The lowest BCUT2D eigenvalue weighted by molar-refractivity contribution is -0.122. The molecule has 0 heterocycles. The molecule has 0 aliphatic heterocycles. The van der Waals surface area contributed by atoms with Crippen LogP contribution in [0.4, 0.5) is 0 Å². The van der Waals surface area contributed by atoms with Gasteiger partial charge in [-0.2, -0.15) is 0 Å². The minimum absolute atomic E-state index is 0.0834. The quantitative estimate of drug-likeness (QED) is 0.685. The summed E-state index contributed by atoms with van der Waals surface area (Å²) in [5.74, 6) is 1.51. The van der Waals surface area contributed by atoms with Gasteiger partial charge in [-0.1, -0.05) is 35.9 Å². The van der Waals surface area contributed by atoms with Gasteiger partial charge in [-0.3, -0.25) is 9.69 Å². The molecule has 3 rings (SSSR count). The molecule has 0 bridgehead atoms. The standard InChI is InChI=1S/C23H30N2O3/c1-17-5-4-6-19(13-17)15-25(20-8-9-20)16-23(26)24-12-11-18-7-10-21(27-2)22(14-18)28-3/h4-7,10,13-14,20H,8-9,11-12,15-16H2,1-3H3,(H,24,26). The van der Waals surface area contributed by atoms with E-state index < -0.39 is 0 Å². The van der Waals surface area contributed by atoms with Crippen molar-refractivity contribution in [3.8, 4) is 11.5 Å². The number of benzene rings is 2. The molecule has 1 fully saturated rings. The summed E-state index contributed by atoms with van der Waals surface area (Å²) in [5.41, 5.74) is 3.63. The van der Waals surface area contributed by atoms with E-state index in [1.54, 1.807) is 14.2 Å². The van der Waals surface area contributed by atoms with Crippen molar-refractivity contribution >= 4 is 5.91 Å². The Morgan fingerprint density at radius 2 is 1.86 bits per heavy atom. The van der Waals surface area contributed by atoms with Gasteiger partial charge in [-0.25, -0.2) is 0 Å². The van der Waals surface area contributed by atoms with E-state index in [1.165, 1.54) is 24.0 Å². The zero-order valence-electron chi connectivity index (χ0n) is 17.0. The number of carbonyl (C=O) groups is 1. The number of hydrogen-bond donors (Lipinski definition) is 1. The van der Waals surface area contributed by atoms with E-state index in [9.17, 15) is 4.79 Å². The molecular weight excluding hydrogens is 352 g/mol. The Hall–Kier alpha value is -2.53. The molecular formula is C23H30N2O3. The van der Waals surface area contributed by atoms with Gasteiger partial charge in [-0.15, -0.1) is 0 Å². The van der Waals surface area contributed by atoms with Crippen LogP contribution in [0.15, 0.2) is 42.5 Å². The molecule has 0 unspecified atom stereocenters.